The minimum atomic E-state index is 0.0705. The van der Waals surface area contributed by atoms with Gasteiger partial charge in [-0.2, -0.15) is 0 Å². The largest absolute Gasteiger partial charge is 0.508 e. The Morgan fingerprint density at radius 1 is 1.03 bits per heavy atom. The van der Waals surface area contributed by atoms with Crippen LogP contribution in [0.5, 0.6) is 0 Å². The highest BCUT2D eigenvalue weighted by molar-refractivity contribution is 5.32. The first-order valence-electron chi connectivity index (χ1n) is 11.2. The van der Waals surface area contributed by atoms with Crippen molar-refractivity contribution in [3.05, 3.63) is 60.9 Å². The van der Waals surface area contributed by atoms with Crippen LogP contribution >= 0.6 is 0 Å². The lowest BCUT2D eigenvalue weighted by Crippen LogP contribution is -2.32. The monoisotopic (exact) mass is 406 g/mol. The van der Waals surface area contributed by atoms with Gasteiger partial charge < -0.3 is 10.2 Å². The summed E-state index contributed by atoms with van der Waals surface area (Å²) in [5.74, 6) is 1.09. The lowest BCUT2D eigenvalue weighted by atomic mass is 9.61. The van der Waals surface area contributed by atoms with Crippen LogP contribution < -0.4 is 0 Å². The predicted molar refractivity (Wildman–Crippen MR) is 133 cm³/mol. The van der Waals surface area contributed by atoms with Gasteiger partial charge in [-0.3, -0.25) is 0 Å². The van der Waals surface area contributed by atoms with Crippen LogP contribution in [0.3, 0.4) is 0 Å². The molecule has 29 heavy (non-hydrogen) atoms. The van der Waals surface area contributed by atoms with Gasteiger partial charge in [0, 0.05) is 5.41 Å². The molecule has 2 heteroatoms. The summed E-state index contributed by atoms with van der Waals surface area (Å²) in [6.45, 7) is 26.6. The predicted octanol–water partition coefficient (Wildman–Crippen LogP) is 8.58. The Balaban J connectivity index is -0.000000733. The standard InChI is InChI=1S/C20H32O.C3H6O.2C2H6/c1-7-13-20(16(3)9-10-18(21)8-2)14-11-17(12-15-20)19(4,5)6;1-2-3-4;2*1-2/h7-10,13,17,21H,3,11-12,14-15H2,1-2,4-6H3;2,4H,1,3H2;2*1-2H3/b10-9-,13-7+,18-8+;;;. The molecule has 0 aromatic heterocycles. The van der Waals surface area contributed by atoms with Gasteiger partial charge >= 0.3 is 0 Å². The highest BCUT2D eigenvalue weighted by Crippen LogP contribution is 2.49. The third kappa shape index (κ3) is 13.3. The molecule has 0 saturated heterocycles. The van der Waals surface area contributed by atoms with E-state index in [1.54, 1.807) is 12.2 Å². The first-order chi connectivity index (χ1) is 13.7. The van der Waals surface area contributed by atoms with Gasteiger partial charge in [0.05, 0.1) is 6.61 Å². The first kappa shape index (κ1) is 32.1. The van der Waals surface area contributed by atoms with E-state index in [1.807, 2.05) is 40.7 Å². The van der Waals surface area contributed by atoms with E-state index in [4.69, 9.17) is 5.11 Å². The number of aliphatic hydroxyl groups is 2. The summed E-state index contributed by atoms with van der Waals surface area (Å²) < 4.78 is 0. The summed E-state index contributed by atoms with van der Waals surface area (Å²) in [6.07, 6.45) is 16.1. The van der Waals surface area contributed by atoms with Crippen LogP contribution in [0.4, 0.5) is 0 Å². The van der Waals surface area contributed by atoms with E-state index in [0.29, 0.717) is 11.2 Å². The second-order valence-electron chi connectivity index (χ2n) is 7.84. The van der Waals surface area contributed by atoms with Gasteiger partial charge in [-0.25, -0.2) is 0 Å². The van der Waals surface area contributed by atoms with Crippen LogP contribution in [0.2, 0.25) is 0 Å². The summed E-state index contributed by atoms with van der Waals surface area (Å²) in [6, 6.07) is 0. The Kier molecular flexibility index (Phi) is 20.5. The summed E-state index contributed by atoms with van der Waals surface area (Å²) in [5, 5.41) is 17.3. The molecular formula is C27H50O2. The van der Waals surface area contributed by atoms with Gasteiger partial charge in [0.15, 0.2) is 0 Å². The number of allylic oxidation sites excluding steroid dienone is 6. The van der Waals surface area contributed by atoms with Crippen molar-refractivity contribution in [2.75, 3.05) is 6.61 Å². The molecule has 0 atom stereocenters. The lowest BCUT2D eigenvalue weighted by Gasteiger charge is -2.43. The Bertz CT molecular complexity index is 493. The van der Waals surface area contributed by atoms with Crippen molar-refractivity contribution in [2.24, 2.45) is 16.7 Å². The zero-order valence-electron chi connectivity index (χ0n) is 20.9. The topological polar surface area (TPSA) is 40.5 Å². The third-order valence-electron chi connectivity index (χ3n) is 5.11. The average Bonchev–Trinajstić information content (AvgIpc) is 2.74. The molecule has 0 bridgehead atoms. The Morgan fingerprint density at radius 2 is 1.48 bits per heavy atom. The number of hydrogen-bond acceptors (Lipinski definition) is 2. The molecule has 1 saturated carbocycles. The van der Waals surface area contributed by atoms with Crippen LogP contribution in [0.1, 0.15) is 88.0 Å². The minimum absolute atomic E-state index is 0.0705. The van der Waals surface area contributed by atoms with E-state index in [-0.39, 0.29) is 12.0 Å². The van der Waals surface area contributed by atoms with E-state index in [0.717, 1.165) is 24.3 Å². The molecule has 0 aromatic rings. The SMILES string of the molecule is C=C(/C=C\C(O)=C/C)C1(/C=C/C)CCC(C(C)(C)C)CC1.C=CCO.CC.CC. The Morgan fingerprint density at radius 3 is 1.79 bits per heavy atom. The first-order valence-corrected chi connectivity index (χ1v) is 11.2. The summed E-state index contributed by atoms with van der Waals surface area (Å²) in [7, 11) is 0. The highest BCUT2D eigenvalue weighted by Gasteiger charge is 2.38. The van der Waals surface area contributed by atoms with E-state index in [1.165, 1.54) is 18.9 Å². The molecule has 0 amide bonds. The molecule has 170 valence electrons. The second-order valence-corrected chi connectivity index (χ2v) is 7.84. The van der Waals surface area contributed by atoms with Crippen molar-refractivity contribution in [1.29, 1.82) is 0 Å². The molecule has 0 heterocycles. The van der Waals surface area contributed by atoms with Gasteiger partial charge in [-0.05, 0) is 68.6 Å². The molecule has 0 aliphatic heterocycles. The van der Waals surface area contributed by atoms with Crippen LogP contribution in [0, 0.1) is 16.7 Å². The van der Waals surface area contributed by atoms with E-state index in [9.17, 15) is 5.11 Å². The molecule has 2 nitrogen and oxygen atoms in total. The molecule has 2 N–H and O–H groups in total. The molecular weight excluding hydrogens is 356 g/mol. The maximum absolute atomic E-state index is 9.58. The highest BCUT2D eigenvalue weighted by atomic mass is 16.3. The Labute approximate surface area is 182 Å². The van der Waals surface area contributed by atoms with Crippen molar-refractivity contribution < 1.29 is 10.2 Å². The normalized spacial score (nSPS) is 21.9. The minimum Gasteiger partial charge on any atom is -0.508 e. The average molecular weight is 407 g/mol. The molecule has 1 rings (SSSR count). The van der Waals surface area contributed by atoms with E-state index < -0.39 is 0 Å². The van der Waals surface area contributed by atoms with Crippen molar-refractivity contribution in [3.8, 4) is 0 Å². The maximum atomic E-state index is 9.58. The summed E-state index contributed by atoms with van der Waals surface area (Å²) in [5.41, 5.74) is 1.57. The third-order valence-corrected chi connectivity index (χ3v) is 5.11. The number of aliphatic hydroxyl groups excluding tert-OH is 2. The number of rotatable bonds is 5. The van der Waals surface area contributed by atoms with Gasteiger partial charge in [0.1, 0.15) is 5.76 Å². The fraction of sp³-hybridized carbons (Fsp3) is 0.630. The Hall–Kier alpha value is -1.54. The number of hydrogen-bond donors (Lipinski definition) is 2. The fourth-order valence-corrected chi connectivity index (χ4v) is 3.36. The quantitative estimate of drug-likeness (QED) is 0.272. The fourth-order valence-electron chi connectivity index (χ4n) is 3.36. The summed E-state index contributed by atoms with van der Waals surface area (Å²) in [4.78, 5) is 0. The lowest BCUT2D eigenvalue weighted by molar-refractivity contribution is 0.135. The molecule has 0 spiro atoms. The smallest absolute Gasteiger partial charge is 0.111 e. The van der Waals surface area contributed by atoms with Gasteiger partial charge in [-0.1, -0.05) is 79.3 Å². The van der Waals surface area contributed by atoms with Gasteiger partial charge in [0.25, 0.3) is 0 Å². The van der Waals surface area contributed by atoms with Gasteiger partial charge in [0.2, 0.25) is 0 Å². The van der Waals surface area contributed by atoms with Crippen molar-refractivity contribution in [2.45, 2.75) is 88.0 Å². The summed E-state index contributed by atoms with van der Waals surface area (Å²) >= 11 is 0. The van der Waals surface area contributed by atoms with Crippen LogP contribution in [0.15, 0.2) is 60.9 Å². The van der Waals surface area contributed by atoms with Crippen molar-refractivity contribution >= 4 is 0 Å². The molecule has 1 aliphatic carbocycles. The van der Waals surface area contributed by atoms with Crippen LogP contribution in [-0.2, 0) is 0 Å². The molecule has 1 aliphatic rings. The maximum Gasteiger partial charge on any atom is 0.111 e. The van der Waals surface area contributed by atoms with Crippen LogP contribution in [0.25, 0.3) is 0 Å². The molecule has 0 radical (unpaired) electrons. The van der Waals surface area contributed by atoms with E-state index in [2.05, 4.69) is 53.0 Å². The van der Waals surface area contributed by atoms with Crippen molar-refractivity contribution in [1.82, 2.24) is 0 Å². The zero-order valence-corrected chi connectivity index (χ0v) is 20.9. The van der Waals surface area contributed by atoms with E-state index >= 15 is 0 Å². The zero-order chi connectivity index (χ0) is 23.5. The van der Waals surface area contributed by atoms with Crippen molar-refractivity contribution in [3.63, 3.8) is 0 Å². The molecule has 1 fully saturated rings. The molecule has 0 unspecified atom stereocenters. The van der Waals surface area contributed by atoms with Gasteiger partial charge in [-0.15, -0.1) is 6.58 Å². The second kappa shape index (κ2) is 18.5. The van der Waals surface area contributed by atoms with Crippen LogP contribution in [-0.4, -0.2) is 16.8 Å². The molecule has 0 aromatic carbocycles.